The fraction of sp³-hybridized carbons (Fsp3) is 0.333. The minimum atomic E-state index is -0.869. The number of hydrogen-bond acceptors (Lipinski definition) is 3. The second-order valence-electron chi connectivity index (χ2n) is 3.58. The molecule has 1 unspecified atom stereocenters. The first-order valence-corrected chi connectivity index (χ1v) is 5.52. The first-order chi connectivity index (χ1) is 8.00. The van der Waals surface area contributed by atoms with Gasteiger partial charge in [-0.25, -0.2) is 0 Å². The molecule has 1 aromatic rings. The van der Waals surface area contributed by atoms with Crippen molar-refractivity contribution in [3.63, 3.8) is 0 Å². The Morgan fingerprint density at radius 1 is 1.35 bits per heavy atom. The summed E-state index contributed by atoms with van der Waals surface area (Å²) >= 11 is 5.16. The van der Waals surface area contributed by atoms with Crippen LogP contribution in [0.25, 0.3) is 0 Å². The lowest BCUT2D eigenvalue weighted by Crippen LogP contribution is -2.07. The molecule has 0 spiro atoms. The molecule has 0 aliphatic carbocycles. The number of carboxylic acids is 1. The van der Waals surface area contributed by atoms with E-state index in [2.05, 4.69) is 0 Å². The summed E-state index contributed by atoms with van der Waals surface area (Å²) < 4.78 is 5.26. The standard InChI is InChI=1S/C12H13ClO4/c1-8(12(15)16)9-2-4-10(5-3-9)17-7-6-11(13)14/h2-5,8H,6-7H2,1H3,(H,15,16). The number of carbonyl (C=O) groups excluding carboxylic acids is 1. The van der Waals surface area contributed by atoms with Crippen molar-refractivity contribution in [1.82, 2.24) is 0 Å². The highest BCUT2D eigenvalue weighted by Crippen LogP contribution is 2.19. The highest BCUT2D eigenvalue weighted by atomic mass is 35.5. The number of rotatable bonds is 6. The largest absolute Gasteiger partial charge is 0.493 e. The second kappa shape index (κ2) is 6.25. The van der Waals surface area contributed by atoms with Crippen molar-refractivity contribution >= 4 is 22.8 Å². The van der Waals surface area contributed by atoms with E-state index in [0.717, 1.165) is 0 Å². The number of halogens is 1. The minimum Gasteiger partial charge on any atom is -0.493 e. The topological polar surface area (TPSA) is 63.6 Å². The van der Waals surface area contributed by atoms with E-state index in [1.54, 1.807) is 31.2 Å². The molecule has 0 radical (unpaired) electrons. The average Bonchev–Trinajstić information content (AvgIpc) is 2.28. The van der Waals surface area contributed by atoms with Gasteiger partial charge in [0.25, 0.3) is 0 Å². The summed E-state index contributed by atoms with van der Waals surface area (Å²) in [6, 6.07) is 6.73. The van der Waals surface area contributed by atoms with Gasteiger partial charge < -0.3 is 9.84 Å². The molecule has 0 aliphatic rings. The maximum Gasteiger partial charge on any atom is 0.310 e. The number of benzene rings is 1. The minimum absolute atomic E-state index is 0.148. The van der Waals surface area contributed by atoms with Gasteiger partial charge in [-0.2, -0.15) is 0 Å². The van der Waals surface area contributed by atoms with Crippen molar-refractivity contribution in [2.45, 2.75) is 19.3 Å². The first kappa shape index (κ1) is 13.5. The molecule has 0 saturated carbocycles. The van der Waals surface area contributed by atoms with E-state index in [1.807, 2.05) is 0 Å². The van der Waals surface area contributed by atoms with Gasteiger partial charge in [0.05, 0.1) is 18.9 Å². The number of ether oxygens (including phenoxy) is 1. The zero-order valence-electron chi connectivity index (χ0n) is 9.35. The molecule has 1 atom stereocenters. The van der Waals surface area contributed by atoms with Crippen LogP contribution >= 0.6 is 11.6 Å². The molecule has 1 N–H and O–H groups in total. The molecule has 0 bridgehead atoms. The lowest BCUT2D eigenvalue weighted by Gasteiger charge is -2.08. The molecule has 0 saturated heterocycles. The molecule has 0 amide bonds. The summed E-state index contributed by atoms with van der Waals surface area (Å²) in [6.07, 6.45) is 0.148. The Kier molecular flexibility index (Phi) is 4.97. The lowest BCUT2D eigenvalue weighted by atomic mass is 10.0. The first-order valence-electron chi connectivity index (χ1n) is 5.14. The highest BCUT2D eigenvalue weighted by Gasteiger charge is 2.13. The van der Waals surface area contributed by atoms with Gasteiger partial charge in [0.1, 0.15) is 5.75 Å². The monoisotopic (exact) mass is 256 g/mol. The van der Waals surface area contributed by atoms with Crippen LogP contribution < -0.4 is 4.74 Å². The zero-order chi connectivity index (χ0) is 12.8. The van der Waals surface area contributed by atoms with Gasteiger partial charge in [0.2, 0.25) is 5.24 Å². The Morgan fingerprint density at radius 2 is 1.94 bits per heavy atom. The van der Waals surface area contributed by atoms with Gasteiger partial charge in [-0.05, 0) is 36.2 Å². The molecule has 5 heteroatoms. The predicted octanol–water partition coefficient (Wildman–Crippen LogP) is 2.41. The molecular formula is C12H13ClO4. The van der Waals surface area contributed by atoms with Crippen molar-refractivity contribution in [1.29, 1.82) is 0 Å². The van der Waals surface area contributed by atoms with Crippen LogP contribution in [0.5, 0.6) is 5.75 Å². The van der Waals surface area contributed by atoms with Crippen LogP contribution in [-0.2, 0) is 9.59 Å². The number of aliphatic carboxylic acids is 1. The average molecular weight is 257 g/mol. The van der Waals surface area contributed by atoms with Crippen molar-refractivity contribution in [2.24, 2.45) is 0 Å². The van der Waals surface area contributed by atoms with Gasteiger partial charge >= 0.3 is 5.97 Å². The van der Waals surface area contributed by atoms with E-state index in [4.69, 9.17) is 21.4 Å². The van der Waals surface area contributed by atoms with E-state index in [1.165, 1.54) is 0 Å². The molecular weight excluding hydrogens is 244 g/mol. The summed E-state index contributed by atoms with van der Waals surface area (Å²) in [5.41, 5.74) is 0.707. The van der Waals surface area contributed by atoms with Gasteiger partial charge in [-0.3, -0.25) is 9.59 Å². The maximum atomic E-state index is 10.7. The van der Waals surface area contributed by atoms with E-state index in [9.17, 15) is 9.59 Å². The molecule has 17 heavy (non-hydrogen) atoms. The normalized spacial score (nSPS) is 11.9. The van der Waals surface area contributed by atoms with Crippen LogP contribution in [-0.4, -0.2) is 22.9 Å². The smallest absolute Gasteiger partial charge is 0.310 e. The summed E-state index contributed by atoms with van der Waals surface area (Å²) in [4.78, 5) is 21.2. The summed E-state index contributed by atoms with van der Waals surface area (Å²) in [7, 11) is 0. The van der Waals surface area contributed by atoms with E-state index < -0.39 is 17.1 Å². The quantitative estimate of drug-likeness (QED) is 0.794. The molecule has 0 heterocycles. The third-order valence-corrected chi connectivity index (χ3v) is 2.51. The van der Waals surface area contributed by atoms with Crippen molar-refractivity contribution in [2.75, 3.05) is 6.61 Å². The van der Waals surface area contributed by atoms with E-state index in [0.29, 0.717) is 11.3 Å². The number of hydrogen-bond donors (Lipinski definition) is 1. The van der Waals surface area contributed by atoms with Gasteiger partial charge in [0, 0.05) is 0 Å². The third kappa shape index (κ3) is 4.44. The summed E-state index contributed by atoms with van der Waals surface area (Å²) in [6.45, 7) is 1.83. The zero-order valence-corrected chi connectivity index (χ0v) is 10.1. The number of carboxylic acid groups (broad SMARTS) is 1. The van der Waals surface area contributed by atoms with E-state index in [-0.39, 0.29) is 13.0 Å². The number of carbonyl (C=O) groups is 2. The third-order valence-electron chi connectivity index (χ3n) is 2.32. The Balaban J connectivity index is 2.56. The van der Waals surface area contributed by atoms with Gasteiger partial charge in [-0.15, -0.1) is 0 Å². The molecule has 92 valence electrons. The van der Waals surface area contributed by atoms with Crippen LogP contribution in [0, 0.1) is 0 Å². The molecule has 1 rings (SSSR count). The molecule has 1 aromatic carbocycles. The fourth-order valence-corrected chi connectivity index (χ4v) is 1.32. The molecule has 0 aliphatic heterocycles. The SMILES string of the molecule is CC(C(=O)O)c1ccc(OCCC(=O)Cl)cc1. The Morgan fingerprint density at radius 3 is 2.41 bits per heavy atom. The molecule has 0 fully saturated rings. The highest BCUT2D eigenvalue weighted by molar-refractivity contribution is 6.63. The van der Waals surface area contributed by atoms with Crippen LogP contribution in [0.2, 0.25) is 0 Å². The Hall–Kier alpha value is -1.55. The Bertz CT molecular complexity index is 399. The van der Waals surface area contributed by atoms with Crippen LogP contribution in [0.3, 0.4) is 0 Å². The second-order valence-corrected chi connectivity index (χ2v) is 4.00. The van der Waals surface area contributed by atoms with Crippen molar-refractivity contribution in [3.05, 3.63) is 29.8 Å². The Labute approximate surface area is 104 Å². The van der Waals surface area contributed by atoms with Crippen molar-refractivity contribution < 1.29 is 19.4 Å². The maximum absolute atomic E-state index is 10.7. The fourth-order valence-electron chi connectivity index (χ4n) is 1.24. The van der Waals surface area contributed by atoms with Crippen LogP contribution in [0.1, 0.15) is 24.8 Å². The lowest BCUT2D eigenvalue weighted by molar-refractivity contribution is -0.138. The van der Waals surface area contributed by atoms with Crippen molar-refractivity contribution in [3.8, 4) is 5.75 Å². The van der Waals surface area contributed by atoms with Crippen LogP contribution in [0.15, 0.2) is 24.3 Å². The summed E-state index contributed by atoms with van der Waals surface area (Å²) in [5, 5.41) is 8.38. The van der Waals surface area contributed by atoms with E-state index >= 15 is 0 Å². The summed E-state index contributed by atoms with van der Waals surface area (Å²) in [5.74, 6) is -0.830. The van der Waals surface area contributed by atoms with Gasteiger partial charge in [-0.1, -0.05) is 12.1 Å². The molecule has 0 aromatic heterocycles. The molecule has 4 nitrogen and oxygen atoms in total. The predicted molar refractivity (Wildman–Crippen MR) is 63.5 cm³/mol. The van der Waals surface area contributed by atoms with Crippen LogP contribution in [0.4, 0.5) is 0 Å². The van der Waals surface area contributed by atoms with Gasteiger partial charge in [0.15, 0.2) is 0 Å².